The normalized spacial score (nSPS) is 14.2. The van der Waals surface area contributed by atoms with E-state index in [4.69, 9.17) is 0 Å². The van der Waals surface area contributed by atoms with Gasteiger partial charge in [-0.05, 0) is 66.2 Å². The van der Waals surface area contributed by atoms with Gasteiger partial charge in [0.25, 0.3) is 0 Å². The van der Waals surface area contributed by atoms with Crippen LogP contribution in [0.25, 0.3) is 0 Å². The molecule has 1 aromatic carbocycles. The van der Waals surface area contributed by atoms with Crippen LogP contribution < -0.4 is 5.32 Å². The van der Waals surface area contributed by atoms with Crippen molar-refractivity contribution in [2.45, 2.75) is 25.6 Å². The monoisotopic (exact) mass is 383 g/mol. The van der Waals surface area contributed by atoms with Crippen molar-refractivity contribution in [3.8, 4) is 0 Å². The molecule has 4 nitrogen and oxygen atoms in total. The summed E-state index contributed by atoms with van der Waals surface area (Å²) in [5.74, 6) is -0.249. The lowest BCUT2D eigenvalue weighted by atomic mass is 10.1. The molecule has 1 aliphatic heterocycles. The van der Waals surface area contributed by atoms with E-state index in [1.54, 1.807) is 22.3 Å². The number of nitrogens with one attached hydrogen (secondary N) is 1. The quantitative estimate of drug-likeness (QED) is 0.846. The van der Waals surface area contributed by atoms with E-state index in [2.05, 4.69) is 41.1 Å². The summed E-state index contributed by atoms with van der Waals surface area (Å²) < 4.78 is 13.3. The summed E-state index contributed by atoms with van der Waals surface area (Å²) in [6.45, 7) is 1.63. The van der Waals surface area contributed by atoms with E-state index in [0.29, 0.717) is 25.7 Å². The zero-order valence-electron chi connectivity index (χ0n) is 14.4. The second kappa shape index (κ2) is 8.65. The van der Waals surface area contributed by atoms with E-state index in [-0.39, 0.29) is 24.3 Å². The summed E-state index contributed by atoms with van der Waals surface area (Å²) in [6.07, 6.45) is 0.852. The number of urea groups is 1. The van der Waals surface area contributed by atoms with Crippen molar-refractivity contribution in [1.29, 1.82) is 0 Å². The summed E-state index contributed by atoms with van der Waals surface area (Å²) in [7, 11) is 4.10. The minimum atomic E-state index is -0.249. The molecule has 1 atom stereocenters. The first kappa shape index (κ1) is 19.7. The van der Waals surface area contributed by atoms with Crippen molar-refractivity contribution in [2.24, 2.45) is 0 Å². The number of carbonyl (C=O) groups excluding carboxylic acids is 1. The van der Waals surface area contributed by atoms with Crippen LogP contribution in [-0.2, 0) is 13.1 Å². The molecule has 1 aromatic heterocycles. The van der Waals surface area contributed by atoms with E-state index in [1.807, 2.05) is 0 Å². The Bertz CT molecular complexity index is 708. The Morgan fingerprint density at radius 1 is 1.32 bits per heavy atom. The van der Waals surface area contributed by atoms with E-state index in [0.717, 1.165) is 17.5 Å². The lowest BCUT2D eigenvalue weighted by Crippen LogP contribution is -2.38. The molecule has 0 spiro atoms. The van der Waals surface area contributed by atoms with Crippen LogP contribution in [0.5, 0.6) is 0 Å². The van der Waals surface area contributed by atoms with Gasteiger partial charge < -0.3 is 15.1 Å². The average molecular weight is 384 g/mol. The van der Waals surface area contributed by atoms with Gasteiger partial charge in [-0.2, -0.15) is 11.3 Å². The van der Waals surface area contributed by atoms with Gasteiger partial charge in [0.2, 0.25) is 0 Å². The van der Waals surface area contributed by atoms with Crippen LogP contribution in [0.3, 0.4) is 0 Å². The van der Waals surface area contributed by atoms with Gasteiger partial charge in [0.1, 0.15) is 5.82 Å². The summed E-state index contributed by atoms with van der Waals surface area (Å²) in [5, 5.41) is 7.22. The summed E-state index contributed by atoms with van der Waals surface area (Å²) in [4.78, 5) is 16.2. The van der Waals surface area contributed by atoms with Crippen molar-refractivity contribution >= 4 is 29.8 Å². The van der Waals surface area contributed by atoms with Crippen molar-refractivity contribution < 1.29 is 9.18 Å². The van der Waals surface area contributed by atoms with Crippen LogP contribution in [0.15, 0.2) is 35.0 Å². The minimum absolute atomic E-state index is 0. The maximum Gasteiger partial charge on any atom is 0.318 e. The molecule has 1 N–H and O–H groups in total. The van der Waals surface area contributed by atoms with Gasteiger partial charge in [-0.1, -0.05) is 6.07 Å². The summed E-state index contributed by atoms with van der Waals surface area (Å²) in [6, 6.07) is 7.06. The Morgan fingerprint density at radius 3 is 2.76 bits per heavy atom. The number of hydrogen-bond acceptors (Lipinski definition) is 3. The van der Waals surface area contributed by atoms with Gasteiger partial charge in [-0.15, -0.1) is 12.4 Å². The minimum Gasteiger partial charge on any atom is -0.338 e. The molecule has 0 aliphatic carbocycles. The fourth-order valence-electron chi connectivity index (χ4n) is 3.12. The summed E-state index contributed by atoms with van der Waals surface area (Å²) in [5.41, 5.74) is 3.20. The molecule has 1 aliphatic rings. The van der Waals surface area contributed by atoms with Gasteiger partial charge in [-0.25, -0.2) is 9.18 Å². The molecule has 25 heavy (non-hydrogen) atoms. The van der Waals surface area contributed by atoms with E-state index < -0.39 is 0 Å². The molecule has 0 radical (unpaired) electrons. The molecule has 0 fully saturated rings. The van der Waals surface area contributed by atoms with Crippen molar-refractivity contribution in [2.75, 3.05) is 20.6 Å². The van der Waals surface area contributed by atoms with Crippen LogP contribution in [0, 0.1) is 5.82 Å². The maximum atomic E-state index is 13.3. The number of thiophene rings is 1. The number of halogens is 2. The zero-order valence-corrected chi connectivity index (χ0v) is 16.0. The number of amides is 2. The first-order valence-corrected chi connectivity index (χ1v) is 8.97. The van der Waals surface area contributed by atoms with Gasteiger partial charge >= 0.3 is 6.03 Å². The zero-order chi connectivity index (χ0) is 17.1. The number of carbonyl (C=O) groups is 1. The highest BCUT2D eigenvalue weighted by Crippen LogP contribution is 2.25. The van der Waals surface area contributed by atoms with Crippen LogP contribution >= 0.6 is 23.7 Å². The molecular weight excluding hydrogens is 361 g/mol. The van der Waals surface area contributed by atoms with Crippen LogP contribution in [0.2, 0.25) is 0 Å². The Kier molecular flexibility index (Phi) is 6.81. The standard InChI is InChI=1S/C18H22FN3OS.ClH/c1-21(2)17(14-6-8-24-12-14)5-7-20-18(23)22-10-13-3-4-16(19)9-15(13)11-22;/h3-4,6,8-9,12,17H,5,7,10-11H2,1-2H3,(H,20,23);1H. The maximum absolute atomic E-state index is 13.3. The number of hydrogen-bond donors (Lipinski definition) is 1. The number of fused-ring (bicyclic) bond motifs is 1. The predicted octanol–water partition coefficient (Wildman–Crippen LogP) is 4.03. The topological polar surface area (TPSA) is 35.6 Å². The lowest BCUT2D eigenvalue weighted by molar-refractivity contribution is 0.196. The van der Waals surface area contributed by atoms with Gasteiger partial charge in [-0.3, -0.25) is 0 Å². The highest BCUT2D eigenvalue weighted by Gasteiger charge is 2.23. The highest BCUT2D eigenvalue weighted by molar-refractivity contribution is 7.07. The van der Waals surface area contributed by atoms with Crippen LogP contribution in [0.4, 0.5) is 9.18 Å². The first-order valence-electron chi connectivity index (χ1n) is 8.03. The first-order chi connectivity index (χ1) is 11.5. The molecule has 2 amide bonds. The third-order valence-electron chi connectivity index (χ3n) is 4.42. The fraction of sp³-hybridized carbons (Fsp3) is 0.389. The summed E-state index contributed by atoms with van der Waals surface area (Å²) >= 11 is 1.69. The Morgan fingerprint density at radius 2 is 2.08 bits per heavy atom. The van der Waals surface area contributed by atoms with Crippen LogP contribution in [0.1, 0.15) is 29.2 Å². The molecule has 0 saturated heterocycles. The van der Waals surface area contributed by atoms with Gasteiger partial charge in [0, 0.05) is 25.7 Å². The second-order valence-electron chi connectivity index (χ2n) is 6.33. The van der Waals surface area contributed by atoms with Crippen molar-refractivity contribution in [3.63, 3.8) is 0 Å². The number of nitrogens with zero attached hydrogens (tertiary/aromatic N) is 2. The third-order valence-corrected chi connectivity index (χ3v) is 5.12. The molecule has 0 saturated carbocycles. The fourth-order valence-corrected chi connectivity index (χ4v) is 3.83. The van der Waals surface area contributed by atoms with Gasteiger partial charge in [0.15, 0.2) is 0 Å². The molecule has 0 bridgehead atoms. The Labute approximate surface area is 158 Å². The number of benzene rings is 1. The molecule has 136 valence electrons. The smallest absolute Gasteiger partial charge is 0.318 e. The highest BCUT2D eigenvalue weighted by atomic mass is 35.5. The SMILES string of the molecule is CN(C)C(CCNC(=O)N1Cc2ccc(F)cc2C1)c1ccsc1.Cl. The second-order valence-corrected chi connectivity index (χ2v) is 7.11. The molecule has 1 unspecified atom stereocenters. The van der Waals surface area contributed by atoms with E-state index in [9.17, 15) is 9.18 Å². The molecule has 2 heterocycles. The van der Waals surface area contributed by atoms with E-state index >= 15 is 0 Å². The Balaban J connectivity index is 0.00000225. The average Bonchev–Trinajstić information content (AvgIpc) is 3.19. The molecular formula is C18H23ClFN3OS. The largest absolute Gasteiger partial charge is 0.338 e. The molecule has 2 aromatic rings. The third kappa shape index (κ3) is 4.71. The Hall–Kier alpha value is -1.63. The van der Waals surface area contributed by atoms with Crippen LogP contribution in [-0.4, -0.2) is 36.5 Å². The molecule has 3 rings (SSSR count). The van der Waals surface area contributed by atoms with Crippen molar-refractivity contribution in [1.82, 2.24) is 15.1 Å². The number of rotatable bonds is 5. The van der Waals surface area contributed by atoms with Crippen molar-refractivity contribution in [3.05, 3.63) is 57.5 Å². The molecule has 7 heteroatoms. The predicted molar refractivity (Wildman–Crippen MR) is 102 cm³/mol. The van der Waals surface area contributed by atoms with Gasteiger partial charge in [0.05, 0.1) is 0 Å². The van der Waals surface area contributed by atoms with E-state index in [1.165, 1.54) is 17.7 Å². The lowest BCUT2D eigenvalue weighted by Gasteiger charge is -2.24.